The summed E-state index contributed by atoms with van der Waals surface area (Å²) in [6.45, 7) is 3.34. The van der Waals surface area contributed by atoms with E-state index in [1.165, 1.54) is 12.1 Å². The van der Waals surface area contributed by atoms with E-state index in [2.05, 4.69) is 15.7 Å². The van der Waals surface area contributed by atoms with Crippen LogP contribution in [0.15, 0.2) is 36.7 Å². The number of amides is 1. The van der Waals surface area contributed by atoms with Crippen LogP contribution in [-0.2, 0) is 10.3 Å². The van der Waals surface area contributed by atoms with Crippen molar-refractivity contribution in [2.75, 3.05) is 13.1 Å². The Kier molecular flexibility index (Phi) is 6.43. The van der Waals surface area contributed by atoms with Crippen molar-refractivity contribution in [2.45, 2.75) is 31.3 Å². The lowest BCUT2D eigenvalue weighted by atomic mass is 9.87. The Morgan fingerprint density at radius 3 is 2.76 bits per heavy atom. The molecule has 0 saturated carbocycles. The molecule has 136 valence electrons. The molecular weight excluding hydrogens is 366 g/mol. The lowest BCUT2D eigenvalue weighted by Gasteiger charge is -2.37. The van der Waals surface area contributed by atoms with Crippen LogP contribution >= 0.6 is 24.0 Å². The first kappa shape index (κ1) is 19.7. The lowest BCUT2D eigenvalue weighted by molar-refractivity contribution is -0.132. The minimum Gasteiger partial charge on any atom is -0.347 e. The molecule has 1 aliphatic rings. The first-order valence-electron chi connectivity index (χ1n) is 8.00. The second kappa shape index (κ2) is 8.17. The lowest BCUT2D eigenvalue weighted by Crippen LogP contribution is -2.55. The molecule has 1 atom stereocenters. The van der Waals surface area contributed by atoms with Crippen LogP contribution in [0.2, 0.25) is 5.02 Å². The van der Waals surface area contributed by atoms with Crippen molar-refractivity contribution in [3.05, 3.63) is 53.1 Å². The van der Waals surface area contributed by atoms with E-state index in [-0.39, 0.29) is 24.4 Å². The van der Waals surface area contributed by atoms with Crippen LogP contribution in [0, 0.1) is 5.82 Å². The van der Waals surface area contributed by atoms with Crippen LogP contribution in [0.3, 0.4) is 0 Å². The largest absolute Gasteiger partial charge is 0.347 e. The molecule has 1 fully saturated rings. The van der Waals surface area contributed by atoms with E-state index in [1.807, 2.05) is 19.2 Å². The molecule has 0 aliphatic carbocycles. The zero-order chi connectivity index (χ0) is 17.2. The molecule has 25 heavy (non-hydrogen) atoms. The zero-order valence-electron chi connectivity index (χ0n) is 13.8. The minimum absolute atomic E-state index is 0. The highest BCUT2D eigenvalue weighted by Crippen LogP contribution is 2.29. The number of hydrogen-bond donors (Lipinski definition) is 2. The van der Waals surface area contributed by atoms with Crippen LogP contribution < -0.4 is 10.6 Å². The first-order valence-corrected chi connectivity index (χ1v) is 8.37. The molecule has 2 N–H and O–H groups in total. The highest BCUT2D eigenvalue weighted by Gasteiger charge is 2.42. The predicted molar refractivity (Wildman–Crippen MR) is 97.5 cm³/mol. The van der Waals surface area contributed by atoms with Gasteiger partial charge in [0.15, 0.2) is 0 Å². The monoisotopic (exact) mass is 386 g/mol. The maximum absolute atomic E-state index is 13.2. The Hall–Kier alpha value is -1.63. The third-order valence-electron chi connectivity index (χ3n) is 4.57. The smallest absolute Gasteiger partial charge is 0.248 e. The fourth-order valence-electron chi connectivity index (χ4n) is 3.18. The highest BCUT2D eigenvalue weighted by atomic mass is 35.5. The van der Waals surface area contributed by atoms with Crippen LogP contribution in [0.25, 0.3) is 0 Å². The van der Waals surface area contributed by atoms with Gasteiger partial charge in [0.05, 0.1) is 6.04 Å². The number of piperidine rings is 1. The fraction of sp³-hybridized carbons (Fsp3) is 0.412. The van der Waals surface area contributed by atoms with E-state index in [9.17, 15) is 9.18 Å². The number of hydrogen-bond acceptors (Lipinski definition) is 3. The average molecular weight is 387 g/mol. The number of rotatable bonds is 4. The van der Waals surface area contributed by atoms with Crippen molar-refractivity contribution < 1.29 is 9.18 Å². The van der Waals surface area contributed by atoms with Crippen molar-refractivity contribution in [3.63, 3.8) is 0 Å². The molecule has 1 unspecified atom stereocenters. The van der Waals surface area contributed by atoms with Gasteiger partial charge in [-0.2, -0.15) is 5.10 Å². The summed E-state index contributed by atoms with van der Waals surface area (Å²) in [5, 5.41) is 10.9. The van der Waals surface area contributed by atoms with Crippen molar-refractivity contribution >= 4 is 29.9 Å². The molecule has 1 aliphatic heterocycles. The summed E-state index contributed by atoms with van der Waals surface area (Å²) in [4.78, 5) is 13.1. The van der Waals surface area contributed by atoms with E-state index in [1.54, 1.807) is 16.9 Å². The first-order chi connectivity index (χ1) is 11.5. The molecule has 8 heteroatoms. The van der Waals surface area contributed by atoms with E-state index in [4.69, 9.17) is 11.6 Å². The Morgan fingerprint density at radius 1 is 1.44 bits per heavy atom. The number of nitrogens with one attached hydrogen (secondary N) is 2. The van der Waals surface area contributed by atoms with Gasteiger partial charge in [0.25, 0.3) is 0 Å². The Bertz CT molecular complexity index is 717. The van der Waals surface area contributed by atoms with Gasteiger partial charge in [-0.05, 0) is 56.6 Å². The second-order valence-corrected chi connectivity index (χ2v) is 6.50. The normalized spacial score (nSPS) is 17.4. The maximum Gasteiger partial charge on any atom is 0.248 e. The molecule has 0 bridgehead atoms. The number of carbonyl (C=O) groups excluding carboxylic acids is 1. The molecule has 1 saturated heterocycles. The van der Waals surface area contributed by atoms with Crippen molar-refractivity contribution in [1.82, 2.24) is 20.4 Å². The molecule has 1 aromatic heterocycles. The van der Waals surface area contributed by atoms with Gasteiger partial charge in [0, 0.05) is 17.4 Å². The Morgan fingerprint density at radius 2 is 2.16 bits per heavy atom. The van der Waals surface area contributed by atoms with Crippen molar-refractivity contribution in [2.24, 2.45) is 0 Å². The predicted octanol–water partition coefficient (Wildman–Crippen LogP) is 3.05. The quantitative estimate of drug-likeness (QED) is 0.848. The minimum atomic E-state index is -0.713. The van der Waals surface area contributed by atoms with Gasteiger partial charge in [0.1, 0.15) is 11.4 Å². The summed E-state index contributed by atoms with van der Waals surface area (Å²) in [5.41, 5.74) is -0.0221. The summed E-state index contributed by atoms with van der Waals surface area (Å²) >= 11 is 6.11. The third-order valence-corrected chi connectivity index (χ3v) is 4.90. The summed E-state index contributed by atoms with van der Waals surface area (Å²) in [6.07, 6.45) is 4.81. The second-order valence-electron chi connectivity index (χ2n) is 6.09. The third kappa shape index (κ3) is 3.97. The molecule has 3 rings (SSSR count). The van der Waals surface area contributed by atoms with Crippen LogP contribution in [0.5, 0.6) is 0 Å². The zero-order valence-corrected chi connectivity index (χ0v) is 15.4. The van der Waals surface area contributed by atoms with Gasteiger partial charge < -0.3 is 10.6 Å². The van der Waals surface area contributed by atoms with Crippen LogP contribution in [0.4, 0.5) is 4.39 Å². The van der Waals surface area contributed by atoms with Crippen LogP contribution in [0.1, 0.15) is 31.4 Å². The molecule has 5 nitrogen and oxygen atoms in total. The number of benzene rings is 1. The van der Waals surface area contributed by atoms with E-state index >= 15 is 0 Å². The maximum atomic E-state index is 13.2. The molecule has 2 aromatic rings. The molecular formula is C17H21Cl2FN4O. The number of halogens is 3. The van der Waals surface area contributed by atoms with Crippen molar-refractivity contribution in [1.29, 1.82) is 0 Å². The molecule has 0 radical (unpaired) electrons. The summed E-state index contributed by atoms with van der Waals surface area (Å²) in [6, 6.07) is 5.70. The van der Waals surface area contributed by atoms with Crippen LogP contribution in [-0.4, -0.2) is 28.8 Å². The standard InChI is InChI=1S/C17H20ClFN4O.ClH/c1-12(14-4-3-13(19)11-15(14)18)22-16(24)17(5-8-20-9-6-17)23-10-2-7-21-23;/h2-4,7,10-12,20H,5-6,8-9H2,1H3,(H,22,24);1H. The molecule has 0 spiro atoms. The summed E-state index contributed by atoms with van der Waals surface area (Å²) in [5.74, 6) is -0.491. The van der Waals surface area contributed by atoms with E-state index in [0.717, 1.165) is 13.1 Å². The number of aromatic nitrogens is 2. The fourth-order valence-corrected chi connectivity index (χ4v) is 3.51. The molecule has 1 aromatic carbocycles. The summed E-state index contributed by atoms with van der Waals surface area (Å²) < 4.78 is 15.0. The van der Waals surface area contributed by atoms with Gasteiger partial charge in [-0.15, -0.1) is 12.4 Å². The van der Waals surface area contributed by atoms with Gasteiger partial charge in [0.2, 0.25) is 5.91 Å². The Labute approximate surface area is 157 Å². The van der Waals surface area contributed by atoms with Gasteiger partial charge in [-0.3, -0.25) is 9.48 Å². The van der Waals surface area contributed by atoms with Gasteiger partial charge in [-0.25, -0.2) is 4.39 Å². The van der Waals surface area contributed by atoms with Gasteiger partial charge in [-0.1, -0.05) is 17.7 Å². The highest BCUT2D eigenvalue weighted by molar-refractivity contribution is 6.31. The average Bonchev–Trinajstić information content (AvgIpc) is 3.10. The van der Waals surface area contributed by atoms with Crippen molar-refractivity contribution in [3.8, 4) is 0 Å². The Balaban J connectivity index is 0.00000225. The molecule has 2 heterocycles. The van der Waals surface area contributed by atoms with Gasteiger partial charge >= 0.3 is 0 Å². The van der Waals surface area contributed by atoms with E-state index in [0.29, 0.717) is 23.4 Å². The number of carbonyl (C=O) groups is 1. The topological polar surface area (TPSA) is 59.0 Å². The SMILES string of the molecule is CC(NC(=O)C1(n2cccn2)CCNCC1)c1ccc(F)cc1Cl.Cl. The number of nitrogens with zero attached hydrogens (tertiary/aromatic N) is 2. The molecule has 1 amide bonds. The van der Waals surface area contributed by atoms with E-state index < -0.39 is 11.4 Å². The summed E-state index contributed by atoms with van der Waals surface area (Å²) in [7, 11) is 0.